The minimum atomic E-state index is 0.0403. The number of aromatic nitrogens is 5. The van der Waals surface area contributed by atoms with Crippen molar-refractivity contribution in [3.8, 4) is 0 Å². The van der Waals surface area contributed by atoms with Crippen LogP contribution in [0.15, 0.2) is 30.3 Å². The number of nitrogens with zero attached hydrogens (tertiary/aromatic N) is 5. The highest BCUT2D eigenvalue weighted by molar-refractivity contribution is 5.97. The van der Waals surface area contributed by atoms with Gasteiger partial charge in [0.1, 0.15) is 16.9 Å². The summed E-state index contributed by atoms with van der Waals surface area (Å²) >= 11 is 0. The fourth-order valence-electron chi connectivity index (χ4n) is 3.07. The average molecular weight is 337 g/mol. The topological polar surface area (TPSA) is 99.7 Å². The molecule has 0 saturated carbocycles. The van der Waals surface area contributed by atoms with Crippen molar-refractivity contribution in [2.75, 3.05) is 18.4 Å². The lowest BCUT2D eigenvalue weighted by molar-refractivity contribution is 0.0718. The first-order valence-electron chi connectivity index (χ1n) is 8.36. The van der Waals surface area contributed by atoms with Crippen molar-refractivity contribution in [1.29, 1.82) is 0 Å². The van der Waals surface area contributed by atoms with Crippen molar-refractivity contribution >= 4 is 22.8 Å². The van der Waals surface area contributed by atoms with Crippen LogP contribution in [0.25, 0.3) is 11.0 Å². The first-order valence-corrected chi connectivity index (χ1v) is 8.36. The molecule has 1 fully saturated rings. The Morgan fingerprint density at radius 3 is 2.68 bits per heavy atom. The van der Waals surface area contributed by atoms with E-state index in [0.29, 0.717) is 30.2 Å². The highest BCUT2D eigenvalue weighted by atomic mass is 16.2. The molecule has 8 heteroatoms. The largest absolute Gasteiger partial charge is 0.366 e. The minimum Gasteiger partial charge on any atom is -0.366 e. The lowest BCUT2D eigenvalue weighted by Crippen LogP contribution is -2.42. The zero-order valence-corrected chi connectivity index (χ0v) is 13.9. The number of carbonyl (C=O) groups is 1. The van der Waals surface area contributed by atoms with E-state index in [1.807, 2.05) is 30.0 Å². The molecule has 1 aliphatic rings. The molecule has 25 heavy (non-hydrogen) atoms. The number of piperidine rings is 1. The van der Waals surface area contributed by atoms with E-state index in [9.17, 15) is 4.79 Å². The summed E-state index contributed by atoms with van der Waals surface area (Å²) in [6, 6.07) is 9.59. The monoisotopic (exact) mass is 337 g/mol. The Morgan fingerprint density at radius 2 is 1.92 bits per heavy atom. The summed E-state index contributed by atoms with van der Waals surface area (Å²) in [5.41, 5.74) is 3.02. The maximum Gasteiger partial charge on any atom is 0.253 e. The zero-order chi connectivity index (χ0) is 17.2. The summed E-state index contributed by atoms with van der Waals surface area (Å²) in [7, 11) is 0. The van der Waals surface area contributed by atoms with E-state index in [1.165, 1.54) is 0 Å². The number of aryl methyl sites for hydroxylation is 1. The van der Waals surface area contributed by atoms with E-state index in [0.717, 1.165) is 29.9 Å². The van der Waals surface area contributed by atoms with Gasteiger partial charge in [-0.25, -0.2) is 0 Å². The zero-order valence-electron chi connectivity index (χ0n) is 13.9. The Kier molecular flexibility index (Phi) is 4.01. The molecular formula is C17H19N7O. The molecule has 0 spiro atoms. The van der Waals surface area contributed by atoms with Gasteiger partial charge >= 0.3 is 0 Å². The van der Waals surface area contributed by atoms with Crippen molar-refractivity contribution in [3.63, 3.8) is 0 Å². The minimum absolute atomic E-state index is 0.0403. The lowest BCUT2D eigenvalue weighted by atomic mass is 10.0. The first kappa shape index (κ1) is 15.5. The summed E-state index contributed by atoms with van der Waals surface area (Å²) in [4.78, 5) is 14.6. The number of hydrogen-bond donors (Lipinski definition) is 2. The molecule has 1 saturated heterocycles. The van der Waals surface area contributed by atoms with Gasteiger partial charge in [0.15, 0.2) is 0 Å². The van der Waals surface area contributed by atoms with Gasteiger partial charge in [0.25, 0.3) is 5.91 Å². The summed E-state index contributed by atoms with van der Waals surface area (Å²) in [6.45, 7) is 3.34. The number of anilines is 1. The molecule has 0 radical (unpaired) electrons. The third-order valence-corrected chi connectivity index (χ3v) is 4.50. The summed E-state index contributed by atoms with van der Waals surface area (Å²) in [5, 5.41) is 22.2. The van der Waals surface area contributed by atoms with E-state index < -0.39 is 0 Å². The number of likely N-dealkylation sites (tertiary alicyclic amines) is 1. The second-order valence-corrected chi connectivity index (χ2v) is 6.30. The van der Waals surface area contributed by atoms with Gasteiger partial charge in [-0.1, -0.05) is 0 Å². The number of fused-ring (bicyclic) bond motifs is 1. The summed E-state index contributed by atoms with van der Waals surface area (Å²) < 4.78 is 0. The van der Waals surface area contributed by atoms with Gasteiger partial charge in [-0.3, -0.25) is 4.79 Å². The Morgan fingerprint density at radius 1 is 1.12 bits per heavy atom. The molecule has 2 N–H and O–H groups in total. The second-order valence-electron chi connectivity index (χ2n) is 6.30. The Balaban J connectivity index is 1.37. The maximum absolute atomic E-state index is 12.7. The number of H-pyrrole nitrogens is 1. The van der Waals surface area contributed by atoms with Crippen LogP contribution in [-0.2, 0) is 0 Å². The van der Waals surface area contributed by atoms with Crippen molar-refractivity contribution in [3.05, 3.63) is 41.6 Å². The van der Waals surface area contributed by atoms with Crippen molar-refractivity contribution in [2.24, 2.45) is 0 Å². The molecule has 1 aliphatic heterocycles. The van der Waals surface area contributed by atoms with Crippen LogP contribution < -0.4 is 5.32 Å². The molecule has 0 atom stereocenters. The van der Waals surface area contributed by atoms with Crippen LogP contribution in [0.5, 0.6) is 0 Å². The highest BCUT2D eigenvalue weighted by Gasteiger charge is 2.24. The molecular weight excluding hydrogens is 318 g/mol. The van der Waals surface area contributed by atoms with Crippen LogP contribution in [0, 0.1) is 6.92 Å². The van der Waals surface area contributed by atoms with Crippen LogP contribution in [0.3, 0.4) is 0 Å². The molecule has 0 unspecified atom stereocenters. The van der Waals surface area contributed by atoms with Crippen molar-refractivity contribution in [2.45, 2.75) is 25.8 Å². The predicted molar refractivity (Wildman–Crippen MR) is 93.2 cm³/mol. The van der Waals surface area contributed by atoms with E-state index in [-0.39, 0.29) is 5.91 Å². The van der Waals surface area contributed by atoms with Crippen molar-refractivity contribution < 1.29 is 4.79 Å². The van der Waals surface area contributed by atoms with Crippen LogP contribution in [-0.4, -0.2) is 55.5 Å². The van der Waals surface area contributed by atoms with E-state index in [1.54, 1.807) is 12.1 Å². The van der Waals surface area contributed by atoms with Crippen molar-refractivity contribution in [1.82, 2.24) is 30.5 Å². The number of benzene rings is 1. The maximum atomic E-state index is 12.7. The standard InChI is InChI=1S/C17H19N7O/c1-11-2-5-16(22-19-11)18-13-6-8-24(9-7-13)17(25)12-3-4-14-15(10-12)21-23-20-14/h2-5,10,13H,6-9H2,1H3,(H,18,22)(H,20,21,23). The number of amides is 1. The van der Waals surface area contributed by atoms with Crippen LogP contribution >= 0.6 is 0 Å². The third kappa shape index (κ3) is 3.28. The fraction of sp³-hybridized carbons (Fsp3) is 0.353. The van der Waals surface area contributed by atoms with E-state index in [4.69, 9.17) is 0 Å². The number of rotatable bonds is 3. The predicted octanol–water partition coefficient (Wildman–Crippen LogP) is 1.77. The number of nitrogens with one attached hydrogen (secondary N) is 2. The third-order valence-electron chi connectivity index (χ3n) is 4.50. The van der Waals surface area contributed by atoms with Crippen LogP contribution in [0.2, 0.25) is 0 Å². The Hall–Kier alpha value is -3.03. The molecule has 3 heterocycles. The quantitative estimate of drug-likeness (QED) is 0.755. The molecule has 1 amide bonds. The van der Waals surface area contributed by atoms with Gasteiger partial charge in [-0.05, 0) is 50.1 Å². The molecule has 3 aromatic rings. The van der Waals surface area contributed by atoms with Gasteiger partial charge in [-0.2, -0.15) is 20.5 Å². The van der Waals surface area contributed by atoms with Crippen LogP contribution in [0.4, 0.5) is 5.82 Å². The molecule has 4 rings (SSSR count). The molecule has 0 bridgehead atoms. The fourth-order valence-corrected chi connectivity index (χ4v) is 3.07. The SMILES string of the molecule is Cc1ccc(NC2CCN(C(=O)c3ccc4n[nH]nc4c3)CC2)nn1. The van der Waals surface area contributed by atoms with E-state index >= 15 is 0 Å². The molecule has 128 valence electrons. The van der Waals surface area contributed by atoms with E-state index in [2.05, 4.69) is 30.9 Å². The van der Waals surface area contributed by atoms with Gasteiger partial charge < -0.3 is 10.2 Å². The first-order chi connectivity index (χ1) is 12.2. The molecule has 2 aromatic heterocycles. The summed E-state index contributed by atoms with van der Waals surface area (Å²) in [6.07, 6.45) is 1.76. The second kappa shape index (κ2) is 6.46. The molecule has 0 aliphatic carbocycles. The van der Waals surface area contributed by atoms with Gasteiger partial charge in [0, 0.05) is 24.7 Å². The lowest BCUT2D eigenvalue weighted by Gasteiger charge is -2.32. The Bertz CT molecular complexity index is 881. The number of hydrogen-bond acceptors (Lipinski definition) is 6. The van der Waals surface area contributed by atoms with Gasteiger partial charge in [-0.15, -0.1) is 5.10 Å². The number of aromatic amines is 1. The average Bonchev–Trinajstić information content (AvgIpc) is 3.11. The number of carbonyl (C=O) groups excluding carboxylic acids is 1. The van der Waals surface area contributed by atoms with Gasteiger partial charge in [0.05, 0.1) is 5.69 Å². The Labute approximate surface area is 144 Å². The van der Waals surface area contributed by atoms with Gasteiger partial charge in [0.2, 0.25) is 0 Å². The smallest absolute Gasteiger partial charge is 0.253 e. The summed E-state index contributed by atoms with van der Waals surface area (Å²) in [5.74, 6) is 0.824. The highest BCUT2D eigenvalue weighted by Crippen LogP contribution is 2.18. The van der Waals surface area contributed by atoms with Crippen LogP contribution in [0.1, 0.15) is 28.9 Å². The molecule has 8 nitrogen and oxygen atoms in total. The molecule has 1 aromatic carbocycles. The normalized spacial score (nSPS) is 15.5.